The first-order chi connectivity index (χ1) is 10.8. The molecule has 1 aromatic carbocycles. The second-order valence-corrected chi connectivity index (χ2v) is 5.04. The first kappa shape index (κ1) is 17.0. The van der Waals surface area contributed by atoms with Gasteiger partial charge in [0.2, 0.25) is 5.91 Å². The Hall–Kier alpha value is -2.38. The van der Waals surface area contributed by atoms with E-state index in [4.69, 9.17) is 0 Å². The first-order valence-electron chi connectivity index (χ1n) is 6.89. The minimum atomic E-state index is -4.94. The van der Waals surface area contributed by atoms with E-state index in [2.05, 4.69) is 5.32 Å². The van der Waals surface area contributed by atoms with E-state index in [1.807, 2.05) is 0 Å². The van der Waals surface area contributed by atoms with Gasteiger partial charge in [-0.3, -0.25) is 9.59 Å². The zero-order valence-electron chi connectivity index (χ0n) is 11.9. The molecule has 0 bridgehead atoms. The lowest BCUT2D eigenvalue weighted by Gasteiger charge is -2.22. The number of carbonyl (C=O) groups excluding carboxylic acids is 2. The number of benzene rings is 1. The van der Waals surface area contributed by atoms with E-state index in [-0.39, 0.29) is 5.69 Å². The molecular formula is C15H14F4N2O2. The highest BCUT2D eigenvalue weighted by Crippen LogP contribution is 2.22. The Morgan fingerprint density at radius 3 is 2.61 bits per heavy atom. The summed E-state index contributed by atoms with van der Waals surface area (Å²) in [4.78, 5) is 24.4. The number of carbonyl (C=O) groups is 2. The topological polar surface area (TPSA) is 49.4 Å². The minimum absolute atomic E-state index is 0.000280. The lowest BCUT2D eigenvalue weighted by Crippen LogP contribution is -2.37. The van der Waals surface area contributed by atoms with Crippen LogP contribution in [0.2, 0.25) is 0 Å². The average molecular weight is 330 g/mol. The summed E-state index contributed by atoms with van der Waals surface area (Å²) < 4.78 is 50.0. The molecule has 4 nitrogen and oxygen atoms in total. The van der Waals surface area contributed by atoms with Gasteiger partial charge in [0.1, 0.15) is 11.9 Å². The molecule has 8 heteroatoms. The SMILES string of the molecule is O=C(Nc1ccccc1F)[C@H]1CCCN1/C=C/C(=O)C(F)(F)F. The minimum Gasteiger partial charge on any atom is -0.365 e. The van der Waals surface area contributed by atoms with Crippen LogP contribution in [-0.4, -0.2) is 35.4 Å². The van der Waals surface area contributed by atoms with Crippen LogP contribution in [0.3, 0.4) is 0 Å². The highest BCUT2D eigenvalue weighted by atomic mass is 19.4. The zero-order valence-corrected chi connectivity index (χ0v) is 11.9. The van der Waals surface area contributed by atoms with Gasteiger partial charge in [0.05, 0.1) is 5.69 Å². The Balaban J connectivity index is 2.04. The van der Waals surface area contributed by atoms with Crippen molar-refractivity contribution in [2.45, 2.75) is 25.1 Å². The molecule has 1 N–H and O–H groups in total. The first-order valence-corrected chi connectivity index (χ1v) is 6.89. The molecule has 1 atom stereocenters. The lowest BCUT2D eigenvalue weighted by molar-refractivity contribution is -0.165. The van der Waals surface area contributed by atoms with Crippen molar-refractivity contribution < 1.29 is 27.2 Å². The number of rotatable bonds is 4. The maximum Gasteiger partial charge on any atom is 0.454 e. The van der Waals surface area contributed by atoms with Gasteiger partial charge < -0.3 is 10.2 Å². The van der Waals surface area contributed by atoms with Crippen LogP contribution in [0.25, 0.3) is 0 Å². The molecule has 0 saturated carbocycles. The van der Waals surface area contributed by atoms with Crippen LogP contribution in [0.15, 0.2) is 36.5 Å². The number of amides is 1. The number of allylic oxidation sites excluding steroid dienone is 1. The van der Waals surface area contributed by atoms with E-state index in [0.29, 0.717) is 25.5 Å². The monoisotopic (exact) mass is 330 g/mol. The van der Waals surface area contributed by atoms with Crippen LogP contribution < -0.4 is 5.32 Å². The second-order valence-electron chi connectivity index (χ2n) is 5.04. The molecule has 2 rings (SSSR count). The van der Waals surface area contributed by atoms with E-state index >= 15 is 0 Å². The number of nitrogens with zero attached hydrogens (tertiary/aromatic N) is 1. The molecule has 1 saturated heterocycles. The lowest BCUT2D eigenvalue weighted by atomic mass is 10.2. The van der Waals surface area contributed by atoms with Crippen LogP contribution >= 0.6 is 0 Å². The summed E-state index contributed by atoms with van der Waals surface area (Å²) in [5.41, 5.74) is -0.000280. The van der Waals surface area contributed by atoms with Crippen molar-refractivity contribution in [2.24, 2.45) is 0 Å². The van der Waals surface area contributed by atoms with Crippen molar-refractivity contribution >= 4 is 17.4 Å². The van der Waals surface area contributed by atoms with Crippen LogP contribution in [0.4, 0.5) is 23.2 Å². The third kappa shape index (κ3) is 4.30. The molecule has 1 heterocycles. The number of hydrogen-bond donors (Lipinski definition) is 1. The predicted molar refractivity (Wildman–Crippen MR) is 75.0 cm³/mol. The second kappa shape index (κ2) is 6.80. The number of alkyl halides is 3. The Labute approximate surface area is 129 Å². The molecule has 23 heavy (non-hydrogen) atoms. The number of para-hydroxylation sites is 1. The summed E-state index contributed by atoms with van der Waals surface area (Å²) in [6.07, 6.45) is -2.59. The quantitative estimate of drug-likeness (QED) is 0.682. The number of hydrogen-bond acceptors (Lipinski definition) is 3. The summed E-state index contributed by atoms with van der Waals surface area (Å²) in [6, 6.07) is 4.84. The molecule has 0 unspecified atom stereocenters. The molecule has 1 amide bonds. The largest absolute Gasteiger partial charge is 0.454 e. The normalized spacial score (nSPS) is 18.4. The van der Waals surface area contributed by atoms with Gasteiger partial charge in [-0.15, -0.1) is 0 Å². The number of nitrogens with one attached hydrogen (secondary N) is 1. The van der Waals surface area contributed by atoms with Crippen molar-refractivity contribution in [3.05, 3.63) is 42.4 Å². The van der Waals surface area contributed by atoms with Gasteiger partial charge in [-0.2, -0.15) is 13.2 Å². The fraction of sp³-hybridized carbons (Fsp3) is 0.333. The van der Waals surface area contributed by atoms with Crippen molar-refractivity contribution in [1.82, 2.24) is 4.90 Å². The van der Waals surface area contributed by atoms with E-state index in [0.717, 1.165) is 6.20 Å². The summed E-state index contributed by atoms with van der Waals surface area (Å²) in [6.45, 7) is 0.344. The van der Waals surface area contributed by atoms with Gasteiger partial charge in [0.15, 0.2) is 0 Å². The standard InChI is InChI=1S/C15H14F4N2O2/c16-10-4-1-2-5-11(10)20-14(23)12-6-3-8-21(12)9-7-13(22)15(17,18)19/h1-2,4-5,7,9,12H,3,6,8H2,(H,20,23)/b9-7+/t12-/m1/s1. The Kier molecular flexibility index (Phi) is 5.02. The van der Waals surface area contributed by atoms with Crippen LogP contribution in [0.1, 0.15) is 12.8 Å². The zero-order chi connectivity index (χ0) is 17.0. The maximum atomic E-state index is 13.5. The Morgan fingerprint density at radius 1 is 1.26 bits per heavy atom. The van der Waals surface area contributed by atoms with Gasteiger partial charge in [-0.1, -0.05) is 12.1 Å². The number of likely N-dealkylation sites (tertiary alicyclic amines) is 1. The molecule has 0 radical (unpaired) electrons. The smallest absolute Gasteiger partial charge is 0.365 e. The summed E-state index contributed by atoms with van der Waals surface area (Å²) >= 11 is 0. The molecule has 0 aliphatic carbocycles. The summed E-state index contributed by atoms with van der Waals surface area (Å²) in [5.74, 6) is -3.12. The third-order valence-corrected chi connectivity index (χ3v) is 3.43. The Morgan fingerprint density at radius 2 is 1.96 bits per heavy atom. The van der Waals surface area contributed by atoms with Crippen molar-refractivity contribution in [3.63, 3.8) is 0 Å². The van der Waals surface area contributed by atoms with Gasteiger partial charge in [-0.05, 0) is 25.0 Å². The van der Waals surface area contributed by atoms with Gasteiger partial charge in [-0.25, -0.2) is 4.39 Å². The molecule has 1 aliphatic heterocycles. The summed E-state index contributed by atoms with van der Waals surface area (Å²) in [5, 5.41) is 2.40. The van der Waals surface area contributed by atoms with Crippen molar-refractivity contribution in [1.29, 1.82) is 0 Å². The Bertz CT molecular complexity index is 628. The maximum absolute atomic E-state index is 13.5. The fourth-order valence-corrected chi connectivity index (χ4v) is 2.29. The number of ketones is 1. The molecule has 0 aromatic heterocycles. The van der Waals surface area contributed by atoms with Crippen LogP contribution in [0, 0.1) is 5.82 Å². The van der Waals surface area contributed by atoms with Crippen molar-refractivity contribution in [3.8, 4) is 0 Å². The van der Waals surface area contributed by atoms with Gasteiger partial charge in [0, 0.05) is 18.8 Å². The molecule has 1 fully saturated rings. The van der Waals surface area contributed by atoms with Crippen LogP contribution in [-0.2, 0) is 9.59 Å². The number of anilines is 1. The average Bonchev–Trinajstić information content (AvgIpc) is 2.94. The summed E-state index contributed by atoms with van der Waals surface area (Å²) in [7, 11) is 0. The highest BCUT2D eigenvalue weighted by Gasteiger charge is 2.37. The number of halogens is 4. The molecular weight excluding hydrogens is 316 g/mol. The van der Waals surface area contributed by atoms with Gasteiger partial charge >= 0.3 is 6.18 Å². The molecule has 0 spiro atoms. The molecule has 1 aromatic rings. The molecule has 1 aliphatic rings. The van der Waals surface area contributed by atoms with E-state index in [1.54, 1.807) is 6.07 Å². The van der Waals surface area contributed by atoms with Crippen LogP contribution in [0.5, 0.6) is 0 Å². The van der Waals surface area contributed by atoms with E-state index in [1.165, 1.54) is 23.1 Å². The highest BCUT2D eigenvalue weighted by molar-refractivity contribution is 5.96. The fourth-order valence-electron chi connectivity index (χ4n) is 2.29. The van der Waals surface area contributed by atoms with Crippen molar-refractivity contribution in [2.75, 3.05) is 11.9 Å². The predicted octanol–water partition coefficient (Wildman–Crippen LogP) is 2.87. The third-order valence-electron chi connectivity index (χ3n) is 3.43. The molecule has 124 valence electrons. The van der Waals surface area contributed by atoms with Gasteiger partial charge in [0.25, 0.3) is 5.78 Å². The van der Waals surface area contributed by atoms with E-state index < -0.39 is 29.7 Å². The van der Waals surface area contributed by atoms with E-state index in [9.17, 15) is 27.2 Å².